The van der Waals surface area contributed by atoms with Gasteiger partial charge in [-0.2, -0.15) is 0 Å². The van der Waals surface area contributed by atoms with Crippen molar-refractivity contribution in [2.24, 2.45) is 5.73 Å². The highest BCUT2D eigenvalue weighted by atomic mass is 79.9. The van der Waals surface area contributed by atoms with E-state index in [-0.39, 0.29) is 6.04 Å². The lowest BCUT2D eigenvalue weighted by Crippen LogP contribution is -2.25. The Labute approximate surface area is 112 Å². The van der Waals surface area contributed by atoms with Crippen LogP contribution in [0.25, 0.3) is 0 Å². The van der Waals surface area contributed by atoms with E-state index in [0.717, 1.165) is 29.7 Å². The maximum atomic E-state index is 5.76. The molecule has 1 atom stereocenters. The summed E-state index contributed by atoms with van der Waals surface area (Å²) in [4.78, 5) is 2.26. The van der Waals surface area contributed by atoms with Gasteiger partial charge in [-0.05, 0) is 45.1 Å². The molecule has 17 heavy (non-hydrogen) atoms. The molecule has 0 aliphatic rings. The first-order chi connectivity index (χ1) is 8.02. The van der Waals surface area contributed by atoms with Crippen LogP contribution in [0.4, 0.5) is 0 Å². The van der Waals surface area contributed by atoms with E-state index >= 15 is 0 Å². The van der Waals surface area contributed by atoms with Crippen molar-refractivity contribution in [3.63, 3.8) is 0 Å². The predicted molar refractivity (Wildman–Crippen MR) is 75.3 cm³/mol. The van der Waals surface area contributed by atoms with Gasteiger partial charge in [0.05, 0.1) is 7.11 Å². The highest BCUT2D eigenvalue weighted by Gasteiger charge is 2.07. The topological polar surface area (TPSA) is 38.5 Å². The van der Waals surface area contributed by atoms with Gasteiger partial charge < -0.3 is 15.4 Å². The minimum Gasteiger partial charge on any atom is -0.496 e. The zero-order valence-corrected chi connectivity index (χ0v) is 12.3. The lowest BCUT2D eigenvalue weighted by Gasteiger charge is -2.19. The maximum Gasteiger partial charge on any atom is 0.123 e. The molecule has 1 unspecified atom stereocenters. The van der Waals surface area contributed by atoms with Gasteiger partial charge in [0.15, 0.2) is 0 Å². The second-order valence-corrected chi connectivity index (χ2v) is 5.38. The van der Waals surface area contributed by atoms with Crippen molar-refractivity contribution in [2.45, 2.75) is 25.9 Å². The summed E-state index contributed by atoms with van der Waals surface area (Å²) in [5, 5.41) is 0. The molecule has 4 heteroatoms. The van der Waals surface area contributed by atoms with Gasteiger partial charge in [-0.25, -0.2) is 0 Å². The molecule has 0 fully saturated rings. The number of benzene rings is 1. The summed E-state index contributed by atoms with van der Waals surface area (Å²) in [6, 6.07) is 6.33. The first kappa shape index (κ1) is 14.5. The average Bonchev–Trinajstić information content (AvgIpc) is 2.27. The van der Waals surface area contributed by atoms with Crippen molar-refractivity contribution in [3.05, 3.63) is 28.2 Å². The van der Waals surface area contributed by atoms with E-state index in [2.05, 4.69) is 33.9 Å². The fraction of sp³-hybridized carbons (Fsp3) is 0.538. The number of hydrogen-bond donors (Lipinski definition) is 1. The fourth-order valence-corrected chi connectivity index (χ4v) is 2.07. The molecule has 1 aromatic rings. The van der Waals surface area contributed by atoms with Gasteiger partial charge in [0.25, 0.3) is 0 Å². The number of nitrogens with zero attached hydrogens (tertiary/aromatic N) is 1. The summed E-state index contributed by atoms with van der Waals surface area (Å²) < 4.78 is 6.43. The molecule has 0 spiro atoms. The van der Waals surface area contributed by atoms with E-state index in [1.165, 1.54) is 5.56 Å². The SMILES string of the molecule is COc1ccc(Br)cc1CN(C)CCC(C)N. The Hall–Kier alpha value is -0.580. The van der Waals surface area contributed by atoms with Gasteiger partial charge in [0.2, 0.25) is 0 Å². The second kappa shape index (κ2) is 6.99. The van der Waals surface area contributed by atoms with Crippen molar-refractivity contribution in [1.29, 1.82) is 0 Å². The van der Waals surface area contributed by atoms with Crippen LogP contribution in [0.5, 0.6) is 5.75 Å². The number of halogens is 1. The molecule has 2 N–H and O–H groups in total. The zero-order valence-electron chi connectivity index (χ0n) is 10.7. The molecule has 3 nitrogen and oxygen atoms in total. The van der Waals surface area contributed by atoms with E-state index < -0.39 is 0 Å². The second-order valence-electron chi connectivity index (χ2n) is 4.46. The smallest absolute Gasteiger partial charge is 0.123 e. The summed E-state index contributed by atoms with van der Waals surface area (Å²) in [5.41, 5.74) is 6.94. The Bertz CT molecular complexity index is 355. The number of nitrogens with two attached hydrogens (primary N) is 1. The lowest BCUT2D eigenvalue weighted by atomic mass is 10.2. The fourth-order valence-electron chi connectivity index (χ4n) is 1.66. The number of hydrogen-bond acceptors (Lipinski definition) is 3. The van der Waals surface area contributed by atoms with E-state index in [4.69, 9.17) is 10.5 Å². The standard InChI is InChI=1S/C13H21BrN2O/c1-10(15)6-7-16(2)9-11-8-12(14)4-5-13(11)17-3/h4-5,8,10H,6-7,9,15H2,1-3H3. The van der Waals surface area contributed by atoms with Crippen LogP contribution in [0.2, 0.25) is 0 Å². The summed E-state index contributed by atoms with van der Waals surface area (Å²) in [6.45, 7) is 3.90. The Kier molecular flexibility index (Phi) is 5.95. The first-order valence-electron chi connectivity index (χ1n) is 5.79. The van der Waals surface area contributed by atoms with Crippen LogP contribution in [0.3, 0.4) is 0 Å². The Morgan fingerprint density at radius 2 is 2.18 bits per heavy atom. The lowest BCUT2D eigenvalue weighted by molar-refractivity contribution is 0.306. The van der Waals surface area contributed by atoms with Crippen LogP contribution in [-0.4, -0.2) is 31.6 Å². The average molecular weight is 301 g/mol. The van der Waals surface area contributed by atoms with Gasteiger partial charge in [0, 0.05) is 22.6 Å². The highest BCUT2D eigenvalue weighted by Crippen LogP contribution is 2.24. The van der Waals surface area contributed by atoms with Crippen LogP contribution < -0.4 is 10.5 Å². The molecule has 1 rings (SSSR count). The van der Waals surface area contributed by atoms with E-state index in [9.17, 15) is 0 Å². The third-order valence-electron chi connectivity index (χ3n) is 2.65. The van der Waals surface area contributed by atoms with Crippen LogP contribution >= 0.6 is 15.9 Å². The van der Waals surface area contributed by atoms with Gasteiger partial charge in [-0.1, -0.05) is 15.9 Å². The molecular weight excluding hydrogens is 280 g/mol. The van der Waals surface area contributed by atoms with Gasteiger partial charge >= 0.3 is 0 Å². The van der Waals surface area contributed by atoms with Crippen LogP contribution in [0.15, 0.2) is 22.7 Å². The molecule has 0 saturated carbocycles. The molecule has 0 radical (unpaired) electrons. The minimum atomic E-state index is 0.252. The van der Waals surface area contributed by atoms with Crippen molar-refractivity contribution >= 4 is 15.9 Å². The number of ether oxygens (including phenoxy) is 1. The maximum absolute atomic E-state index is 5.76. The molecular formula is C13H21BrN2O. The quantitative estimate of drug-likeness (QED) is 0.878. The number of methoxy groups -OCH3 is 1. The van der Waals surface area contributed by atoms with Crippen LogP contribution in [-0.2, 0) is 6.54 Å². The molecule has 0 bridgehead atoms. The monoisotopic (exact) mass is 300 g/mol. The third-order valence-corrected chi connectivity index (χ3v) is 3.14. The number of rotatable bonds is 6. The van der Waals surface area contributed by atoms with Crippen LogP contribution in [0, 0.1) is 0 Å². The highest BCUT2D eigenvalue weighted by molar-refractivity contribution is 9.10. The molecule has 96 valence electrons. The molecule has 0 amide bonds. The third kappa shape index (κ3) is 5.06. The normalized spacial score (nSPS) is 12.8. The molecule has 0 aliphatic carbocycles. The Morgan fingerprint density at radius 1 is 1.47 bits per heavy atom. The molecule has 0 aliphatic heterocycles. The summed E-state index contributed by atoms with van der Waals surface area (Å²) in [7, 11) is 3.80. The largest absolute Gasteiger partial charge is 0.496 e. The van der Waals surface area contributed by atoms with Crippen molar-refractivity contribution in [1.82, 2.24) is 4.90 Å². The van der Waals surface area contributed by atoms with Crippen LogP contribution in [0.1, 0.15) is 18.9 Å². The Balaban J connectivity index is 2.63. The van der Waals surface area contributed by atoms with Crippen molar-refractivity contribution < 1.29 is 4.74 Å². The molecule has 0 heterocycles. The van der Waals surface area contributed by atoms with Gasteiger partial charge in [0.1, 0.15) is 5.75 Å². The van der Waals surface area contributed by atoms with E-state index in [1.54, 1.807) is 7.11 Å². The molecule has 0 saturated heterocycles. The van der Waals surface area contributed by atoms with Gasteiger partial charge in [-0.3, -0.25) is 0 Å². The van der Waals surface area contributed by atoms with Crippen molar-refractivity contribution in [2.75, 3.05) is 20.7 Å². The predicted octanol–water partition coefficient (Wildman–Crippen LogP) is 2.63. The van der Waals surface area contributed by atoms with E-state index in [1.807, 2.05) is 19.1 Å². The summed E-state index contributed by atoms with van der Waals surface area (Å²) >= 11 is 3.48. The first-order valence-corrected chi connectivity index (χ1v) is 6.58. The summed E-state index contributed by atoms with van der Waals surface area (Å²) in [5.74, 6) is 0.931. The Morgan fingerprint density at radius 3 is 2.76 bits per heavy atom. The zero-order chi connectivity index (χ0) is 12.8. The van der Waals surface area contributed by atoms with E-state index in [0.29, 0.717) is 0 Å². The summed E-state index contributed by atoms with van der Waals surface area (Å²) in [6.07, 6.45) is 1.01. The minimum absolute atomic E-state index is 0.252. The molecule has 1 aromatic carbocycles. The molecule has 0 aromatic heterocycles. The van der Waals surface area contributed by atoms with Gasteiger partial charge in [-0.15, -0.1) is 0 Å². The van der Waals surface area contributed by atoms with Crippen molar-refractivity contribution in [3.8, 4) is 5.75 Å².